The van der Waals surface area contributed by atoms with Crippen LogP contribution in [0.15, 0.2) is 35.8 Å². The first-order chi connectivity index (χ1) is 11.7. The summed E-state index contributed by atoms with van der Waals surface area (Å²) < 4.78 is 5.57. The maximum Gasteiger partial charge on any atom is 0.265 e. The summed E-state index contributed by atoms with van der Waals surface area (Å²) in [7, 11) is 0. The van der Waals surface area contributed by atoms with Crippen LogP contribution in [-0.2, 0) is 4.79 Å². The highest BCUT2D eigenvalue weighted by Crippen LogP contribution is 2.26. The molecule has 6 nitrogen and oxygen atoms in total. The van der Waals surface area contributed by atoms with Gasteiger partial charge in [0.25, 0.3) is 5.91 Å². The van der Waals surface area contributed by atoms with E-state index in [-0.39, 0.29) is 18.5 Å². The lowest BCUT2D eigenvalue weighted by molar-refractivity contribution is -0.127. The van der Waals surface area contributed by atoms with Crippen molar-refractivity contribution >= 4 is 28.3 Å². The minimum atomic E-state index is -0.214. The number of aromatic nitrogens is 1. The number of hydrogen-bond acceptors (Lipinski definition) is 5. The molecule has 0 radical (unpaired) electrons. The molecule has 0 N–H and O–H groups in total. The number of carbonyl (C=O) groups excluding carboxylic acids is 2. The Morgan fingerprint density at radius 2 is 2.25 bits per heavy atom. The minimum Gasteiger partial charge on any atom is -0.493 e. The Labute approximate surface area is 144 Å². The molecule has 2 heterocycles. The van der Waals surface area contributed by atoms with Gasteiger partial charge in [-0.1, -0.05) is 12.1 Å². The first-order valence-corrected chi connectivity index (χ1v) is 8.79. The monoisotopic (exact) mass is 345 g/mol. The van der Waals surface area contributed by atoms with Crippen LogP contribution in [0.1, 0.15) is 30.1 Å². The van der Waals surface area contributed by atoms with Crippen LogP contribution >= 0.6 is 11.3 Å². The summed E-state index contributed by atoms with van der Waals surface area (Å²) in [6.07, 6.45) is 3.02. The average molecular weight is 345 g/mol. The Hall–Kier alpha value is -2.41. The van der Waals surface area contributed by atoms with Gasteiger partial charge in [0.05, 0.1) is 12.2 Å². The SMILES string of the molecule is CCOc1ccccc1C(=O)N(CN1CCCC1=O)c1nccs1. The van der Waals surface area contributed by atoms with Crippen LogP contribution in [0.4, 0.5) is 5.13 Å². The van der Waals surface area contributed by atoms with E-state index in [0.717, 1.165) is 6.42 Å². The van der Waals surface area contributed by atoms with Gasteiger partial charge in [-0.2, -0.15) is 0 Å². The van der Waals surface area contributed by atoms with Crippen LogP contribution < -0.4 is 9.64 Å². The van der Waals surface area contributed by atoms with Gasteiger partial charge in [0.2, 0.25) is 5.91 Å². The number of carbonyl (C=O) groups is 2. The van der Waals surface area contributed by atoms with Gasteiger partial charge in [-0.3, -0.25) is 14.5 Å². The lowest BCUT2D eigenvalue weighted by atomic mass is 10.2. The van der Waals surface area contributed by atoms with E-state index in [2.05, 4.69) is 4.98 Å². The molecule has 0 saturated carbocycles. The van der Waals surface area contributed by atoms with Crippen LogP contribution in [0, 0.1) is 0 Å². The number of benzene rings is 1. The molecule has 1 aliphatic rings. The van der Waals surface area contributed by atoms with Gasteiger partial charge in [0.1, 0.15) is 12.4 Å². The Morgan fingerprint density at radius 3 is 2.92 bits per heavy atom. The molecule has 2 amide bonds. The third-order valence-electron chi connectivity index (χ3n) is 3.80. The van der Waals surface area contributed by atoms with Crippen molar-refractivity contribution in [2.45, 2.75) is 19.8 Å². The molecule has 0 aliphatic carbocycles. The first-order valence-electron chi connectivity index (χ1n) is 7.91. The number of para-hydroxylation sites is 1. The standard InChI is InChI=1S/C17H19N3O3S/c1-2-23-14-7-4-3-6-13(14)16(22)20(17-18-9-11-24-17)12-19-10-5-8-15(19)21/h3-4,6-7,9,11H,2,5,8,10,12H2,1H3. The molecule has 1 aromatic heterocycles. The van der Waals surface area contributed by atoms with Gasteiger partial charge in [-0.05, 0) is 25.5 Å². The average Bonchev–Trinajstić information content (AvgIpc) is 3.25. The van der Waals surface area contributed by atoms with Gasteiger partial charge in [-0.25, -0.2) is 4.98 Å². The number of amides is 2. The number of nitrogens with zero attached hydrogens (tertiary/aromatic N) is 3. The molecule has 7 heteroatoms. The van der Waals surface area contributed by atoms with E-state index in [1.54, 1.807) is 34.2 Å². The molecule has 1 fully saturated rings. The summed E-state index contributed by atoms with van der Waals surface area (Å²) in [5.41, 5.74) is 0.473. The second-order valence-corrected chi connectivity index (χ2v) is 6.25. The van der Waals surface area contributed by atoms with Crippen molar-refractivity contribution in [2.75, 3.05) is 24.7 Å². The van der Waals surface area contributed by atoms with E-state index in [0.29, 0.717) is 36.0 Å². The highest BCUT2D eigenvalue weighted by molar-refractivity contribution is 7.13. The fourth-order valence-corrected chi connectivity index (χ4v) is 3.29. The summed E-state index contributed by atoms with van der Waals surface area (Å²) in [4.78, 5) is 32.6. The van der Waals surface area contributed by atoms with Crippen LogP contribution in [0.5, 0.6) is 5.75 Å². The number of anilines is 1. The lowest BCUT2D eigenvalue weighted by Crippen LogP contribution is -2.42. The molecule has 1 aromatic carbocycles. The second-order valence-electron chi connectivity index (χ2n) is 5.38. The molecule has 2 aromatic rings. The van der Waals surface area contributed by atoms with Gasteiger partial charge < -0.3 is 9.64 Å². The maximum atomic E-state index is 13.1. The predicted molar refractivity (Wildman–Crippen MR) is 92.3 cm³/mol. The fraction of sp³-hybridized carbons (Fsp3) is 0.353. The molecule has 0 unspecified atom stereocenters. The van der Waals surface area contributed by atoms with E-state index in [9.17, 15) is 9.59 Å². The number of hydrogen-bond donors (Lipinski definition) is 0. The Morgan fingerprint density at radius 1 is 1.42 bits per heavy atom. The molecular weight excluding hydrogens is 326 g/mol. The van der Waals surface area contributed by atoms with E-state index >= 15 is 0 Å². The van der Waals surface area contributed by atoms with Crippen molar-refractivity contribution in [2.24, 2.45) is 0 Å². The van der Waals surface area contributed by atoms with Crippen LogP contribution in [0.2, 0.25) is 0 Å². The molecule has 126 valence electrons. The molecule has 0 bridgehead atoms. The molecular formula is C17H19N3O3S. The molecule has 1 aliphatic heterocycles. The fourth-order valence-electron chi connectivity index (χ4n) is 2.66. The number of ether oxygens (including phenoxy) is 1. The highest BCUT2D eigenvalue weighted by Gasteiger charge is 2.28. The van der Waals surface area contributed by atoms with Crippen molar-refractivity contribution in [3.05, 3.63) is 41.4 Å². The van der Waals surface area contributed by atoms with Gasteiger partial charge >= 0.3 is 0 Å². The van der Waals surface area contributed by atoms with Crippen molar-refractivity contribution in [1.29, 1.82) is 0 Å². The lowest BCUT2D eigenvalue weighted by Gasteiger charge is -2.26. The molecule has 24 heavy (non-hydrogen) atoms. The zero-order valence-electron chi connectivity index (χ0n) is 13.5. The largest absolute Gasteiger partial charge is 0.493 e. The van der Waals surface area contributed by atoms with Crippen molar-refractivity contribution in [3.63, 3.8) is 0 Å². The molecule has 3 rings (SSSR count). The van der Waals surface area contributed by atoms with E-state index < -0.39 is 0 Å². The molecule has 0 spiro atoms. The zero-order valence-corrected chi connectivity index (χ0v) is 14.3. The van der Waals surface area contributed by atoms with Crippen molar-refractivity contribution < 1.29 is 14.3 Å². The van der Waals surface area contributed by atoms with Gasteiger partial charge in [0, 0.05) is 24.5 Å². The first kappa shape index (κ1) is 16.4. The summed E-state index contributed by atoms with van der Waals surface area (Å²) >= 11 is 1.37. The van der Waals surface area contributed by atoms with Gasteiger partial charge in [0.15, 0.2) is 5.13 Å². The third-order valence-corrected chi connectivity index (χ3v) is 4.59. The zero-order chi connectivity index (χ0) is 16.9. The van der Waals surface area contributed by atoms with Crippen LogP contribution in [-0.4, -0.2) is 41.5 Å². The van der Waals surface area contributed by atoms with E-state index in [1.807, 2.05) is 18.4 Å². The Bertz CT molecular complexity index is 718. The number of thiazole rings is 1. The van der Waals surface area contributed by atoms with Gasteiger partial charge in [-0.15, -0.1) is 11.3 Å². The number of rotatable bonds is 6. The highest BCUT2D eigenvalue weighted by atomic mass is 32.1. The Kier molecular flexibility index (Phi) is 5.10. The quantitative estimate of drug-likeness (QED) is 0.808. The molecule has 1 saturated heterocycles. The van der Waals surface area contributed by atoms with Crippen molar-refractivity contribution in [1.82, 2.24) is 9.88 Å². The maximum absolute atomic E-state index is 13.1. The second kappa shape index (κ2) is 7.44. The minimum absolute atomic E-state index is 0.0717. The third kappa shape index (κ3) is 3.41. The Balaban J connectivity index is 1.90. The summed E-state index contributed by atoms with van der Waals surface area (Å²) in [5, 5.41) is 2.39. The van der Waals surface area contributed by atoms with E-state index in [1.165, 1.54) is 11.3 Å². The summed E-state index contributed by atoms with van der Waals surface area (Å²) in [6.45, 7) is 3.24. The number of likely N-dealkylation sites (tertiary alicyclic amines) is 1. The topological polar surface area (TPSA) is 62.7 Å². The van der Waals surface area contributed by atoms with Crippen LogP contribution in [0.3, 0.4) is 0 Å². The smallest absolute Gasteiger partial charge is 0.265 e. The van der Waals surface area contributed by atoms with Crippen molar-refractivity contribution in [3.8, 4) is 5.75 Å². The van der Waals surface area contributed by atoms with E-state index in [4.69, 9.17) is 4.74 Å². The predicted octanol–water partition coefficient (Wildman–Crippen LogP) is 2.77. The molecule has 0 atom stereocenters. The normalized spacial score (nSPS) is 14.0. The summed E-state index contributed by atoms with van der Waals surface area (Å²) in [5.74, 6) is 0.399. The van der Waals surface area contributed by atoms with Crippen LogP contribution in [0.25, 0.3) is 0 Å². The summed E-state index contributed by atoms with van der Waals surface area (Å²) in [6, 6.07) is 7.15.